The van der Waals surface area contributed by atoms with Gasteiger partial charge in [-0.25, -0.2) is 4.98 Å². The number of hydrogen-bond acceptors (Lipinski definition) is 5. The van der Waals surface area contributed by atoms with E-state index in [0.29, 0.717) is 10.6 Å². The predicted octanol–water partition coefficient (Wildman–Crippen LogP) is 3.91. The lowest BCUT2D eigenvalue weighted by Crippen LogP contribution is -2.27. The van der Waals surface area contributed by atoms with Gasteiger partial charge in [0.25, 0.3) is 0 Å². The van der Waals surface area contributed by atoms with E-state index in [1.807, 2.05) is 45.2 Å². The molecule has 0 bridgehead atoms. The molecule has 0 radical (unpaired) electrons. The molecule has 2 heterocycles. The van der Waals surface area contributed by atoms with Gasteiger partial charge in [-0.2, -0.15) is 5.26 Å². The largest absolute Gasteiger partial charge is 0.348 e. The third-order valence-corrected chi connectivity index (χ3v) is 5.79. The molecule has 0 aromatic carbocycles. The molecule has 0 spiro atoms. The van der Waals surface area contributed by atoms with E-state index in [2.05, 4.69) is 16.4 Å². The van der Waals surface area contributed by atoms with Crippen LogP contribution in [0.5, 0.6) is 0 Å². The summed E-state index contributed by atoms with van der Waals surface area (Å²) in [6.45, 7) is 7.77. The summed E-state index contributed by atoms with van der Waals surface area (Å²) in [5, 5.41) is 14.9. The summed E-state index contributed by atoms with van der Waals surface area (Å²) in [5.41, 5.74) is 3.44. The summed E-state index contributed by atoms with van der Waals surface area (Å²) in [6.07, 6.45) is 0. The fraction of sp³-hybridized carbons (Fsp3) is 0.353. The summed E-state index contributed by atoms with van der Waals surface area (Å²) < 4.78 is 0. The minimum atomic E-state index is -0.0579. The lowest BCUT2D eigenvalue weighted by atomic mass is 10.1. The quantitative estimate of drug-likeness (QED) is 0.834. The van der Waals surface area contributed by atoms with Crippen molar-refractivity contribution in [2.75, 3.05) is 5.75 Å². The zero-order valence-corrected chi connectivity index (χ0v) is 15.3. The number of thioether (sulfide) groups is 1. The van der Waals surface area contributed by atoms with Gasteiger partial charge in [-0.15, -0.1) is 11.3 Å². The molecular weight excluding hydrogens is 326 g/mol. The molecule has 2 aromatic heterocycles. The molecule has 23 heavy (non-hydrogen) atoms. The second-order valence-corrected chi connectivity index (χ2v) is 7.28. The minimum Gasteiger partial charge on any atom is -0.348 e. The van der Waals surface area contributed by atoms with Gasteiger partial charge in [0.05, 0.1) is 17.4 Å². The van der Waals surface area contributed by atoms with Crippen molar-refractivity contribution in [2.24, 2.45) is 0 Å². The van der Waals surface area contributed by atoms with Crippen LogP contribution in [0, 0.1) is 32.1 Å². The second-order valence-electron chi connectivity index (χ2n) is 5.33. The molecule has 4 nitrogen and oxygen atoms in total. The number of hydrogen-bond donors (Lipinski definition) is 1. The highest BCUT2D eigenvalue weighted by Crippen LogP contribution is 2.26. The van der Waals surface area contributed by atoms with Crippen LogP contribution >= 0.6 is 23.1 Å². The van der Waals surface area contributed by atoms with Gasteiger partial charge in [0.2, 0.25) is 5.91 Å². The average Bonchev–Trinajstić information content (AvgIpc) is 3.05. The molecular formula is C17H19N3OS2. The van der Waals surface area contributed by atoms with Crippen molar-refractivity contribution in [2.45, 2.75) is 38.8 Å². The summed E-state index contributed by atoms with van der Waals surface area (Å²) in [4.78, 5) is 17.7. The van der Waals surface area contributed by atoms with E-state index < -0.39 is 0 Å². The Morgan fingerprint density at radius 1 is 1.43 bits per heavy atom. The molecule has 0 unspecified atom stereocenters. The number of thiophene rings is 1. The van der Waals surface area contributed by atoms with E-state index >= 15 is 0 Å². The number of rotatable bonds is 5. The number of pyridine rings is 1. The van der Waals surface area contributed by atoms with Gasteiger partial charge in [-0.3, -0.25) is 4.79 Å². The standard InChI is InChI=1S/C17H19N3OS2/c1-10-11(2)14(8-18)17(20-12(10)3)23-9-16(21)19-13(4)15-6-5-7-22-15/h5-7,13H,9H2,1-4H3,(H,19,21)/t13-/m1/s1. The fourth-order valence-corrected chi connectivity index (χ4v) is 3.80. The van der Waals surface area contributed by atoms with Gasteiger partial charge in [0, 0.05) is 10.6 Å². The van der Waals surface area contributed by atoms with Crippen LogP contribution in [0.3, 0.4) is 0 Å². The summed E-state index contributed by atoms with van der Waals surface area (Å²) in [6, 6.07) is 6.17. The van der Waals surface area contributed by atoms with Crippen LogP contribution in [0.1, 0.15) is 40.2 Å². The number of carbonyl (C=O) groups is 1. The topological polar surface area (TPSA) is 65.8 Å². The third-order valence-electron chi connectivity index (χ3n) is 3.76. The van der Waals surface area contributed by atoms with Crippen molar-refractivity contribution in [3.05, 3.63) is 44.8 Å². The normalized spacial score (nSPS) is 11.8. The van der Waals surface area contributed by atoms with Crippen LogP contribution in [-0.2, 0) is 4.79 Å². The molecule has 1 atom stereocenters. The number of aryl methyl sites for hydroxylation is 1. The van der Waals surface area contributed by atoms with Crippen LogP contribution in [0.15, 0.2) is 22.5 Å². The molecule has 0 fully saturated rings. The highest BCUT2D eigenvalue weighted by molar-refractivity contribution is 8.00. The first-order valence-electron chi connectivity index (χ1n) is 7.27. The van der Waals surface area contributed by atoms with Gasteiger partial charge >= 0.3 is 0 Å². The zero-order chi connectivity index (χ0) is 17.0. The van der Waals surface area contributed by atoms with Crippen molar-refractivity contribution in [1.29, 1.82) is 5.26 Å². The van der Waals surface area contributed by atoms with Crippen molar-refractivity contribution >= 4 is 29.0 Å². The number of amides is 1. The first-order valence-corrected chi connectivity index (χ1v) is 9.14. The number of nitriles is 1. The Labute approximate surface area is 144 Å². The van der Waals surface area contributed by atoms with Gasteiger partial charge in [0.1, 0.15) is 11.1 Å². The molecule has 0 aliphatic rings. The molecule has 0 aliphatic heterocycles. The SMILES string of the molecule is Cc1nc(SCC(=O)N[C@H](C)c2cccs2)c(C#N)c(C)c1C. The summed E-state index contributed by atoms with van der Waals surface area (Å²) in [5.74, 6) is 0.191. The van der Waals surface area contributed by atoms with Crippen molar-refractivity contribution in [3.63, 3.8) is 0 Å². The Hall–Kier alpha value is -1.84. The van der Waals surface area contributed by atoms with E-state index in [4.69, 9.17) is 0 Å². The molecule has 0 saturated carbocycles. The number of aromatic nitrogens is 1. The molecule has 1 N–H and O–H groups in total. The van der Waals surface area contributed by atoms with Crippen molar-refractivity contribution < 1.29 is 4.79 Å². The average molecular weight is 345 g/mol. The summed E-state index contributed by atoms with van der Waals surface area (Å²) in [7, 11) is 0. The Morgan fingerprint density at radius 2 is 2.17 bits per heavy atom. The van der Waals surface area contributed by atoms with E-state index in [0.717, 1.165) is 21.7 Å². The van der Waals surface area contributed by atoms with Gasteiger partial charge in [-0.05, 0) is 50.3 Å². The third kappa shape index (κ3) is 4.12. The fourth-order valence-electron chi connectivity index (χ4n) is 2.17. The van der Waals surface area contributed by atoms with Crippen LogP contribution in [0.4, 0.5) is 0 Å². The second kappa shape index (κ2) is 7.62. The highest BCUT2D eigenvalue weighted by atomic mass is 32.2. The maximum atomic E-state index is 12.1. The smallest absolute Gasteiger partial charge is 0.230 e. The van der Waals surface area contributed by atoms with Crippen LogP contribution < -0.4 is 5.32 Å². The number of nitrogens with zero attached hydrogens (tertiary/aromatic N) is 2. The van der Waals surface area contributed by atoms with Crippen LogP contribution in [0.2, 0.25) is 0 Å². The Morgan fingerprint density at radius 3 is 2.78 bits per heavy atom. The van der Waals surface area contributed by atoms with Crippen LogP contribution in [0.25, 0.3) is 0 Å². The Bertz CT molecular complexity index is 748. The molecule has 2 rings (SSSR count). The highest BCUT2D eigenvalue weighted by Gasteiger charge is 2.15. The molecule has 6 heteroatoms. The number of nitrogens with one attached hydrogen (secondary N) is 1. The molecule has 1 amide bonds. The molecule has 120 valence electrons. The maximum Gasteiger partial charge on any atom is 0.230 e. The van der Waals surface area contributed by atoms with E-state index in [9.17, 15) is 10.1 Å². The zero-order valence-electron chi connectivity index (χ0n) is 13.6. The van der Waals surface area contributed by atoms with Gasteiger partial charge in [-0.1, -0.05) is 17.8 Å². The molecule has 2 aromatic rings. The van der Waals surface area contributed by atoms with Crippen molar-refractivity contribution in [1.82, 2.24) is 10.3 Å². The van der Waals surface area contributed by atoms with Crippen molar-refractivity contribution in [3.8, 4) is 6.07 Å². The van der Waals surface area contributed by atoms with E-state index in [1.54, 1.807) is 11.3 Å². The summed E-state index contributed by atoms with van der Waals surface area (Å²) >= 11 is 2.94. The Kier molecular flexibility index (Phi) is 5.80. The minimum absolute atomic E-state index is 0.00649. The van der Waals surface area contributed by atoms with Gasteiger partial charge in [0.15, 0.2) is 0 Å². The molecule has 0 saturated heterocycles. The van der Waals surface area contributed by atoms with Crippen LogP contribution in [-0.4, -0.2) is 16.6 Å². The monoisotopic (exact) mass is 345 g/mol. The lowest BCUT2D eigenvalue weighted by molar-refractivity contribution is -0.119. The van der Waals surface area contributed by atoms with Gasteiger partial charge < -0.3 is 5.32 Å². The predicted molar refractivity (Wildman–Crippen MR) is 94.8 cm³/mol. The number of carbonyl (C=O) groups excluding carboxylic acids is 1. The lowest BCUT2D eigenvalue weighted by Gasteiger charge is -2.13. The Balaban J connectivity index is 2.04. The first kappa shape index (κ1) is 17.5. The molecule has 0 aliphatic carbocycles. The maximum absolute atomic E-state index is 12.1. The van der Waals surface area contributed by atoms with E-state index in [-0.39, 0.29) is 17.7 Å². The van der Waals surface area contributed by atoms with E-state index in [1.165, 1.54) is 11.8 Å². The first-order chi connectivity index (χ1) is 10.9.